The van der Waals surface area contributed by atoms with Crippen LogP contribution in [0.1, 0.15) is 42.7 Å². The number of carbonyl (C=O) groups is 2. The topological polar surface area (TPSA) is 83.1 Å². The van der Waals surface area contributed by atoms with Gasteiger partial charge in [0.15, 0.2) is 11.7 Å². The summed E-state index contributed by atoms with van der Waals surface area (Å²) >= 11 is 0. The van der Waals surface area contributed by atoms with Gasteiger partial charge in [-0.2, -0.15) is 5.26 Å². The first-order valence-electron chi connectivity index (χ1n) is 8.69. The molecule has 2 aromatic rings. The highest BCUT2D eigenvalue weighted by Gasteiger charge is 2.31. The van der Waals surface area contributed by atoms with Crippen LogP contribution in [0, 0.1) is 23.1 Å². The molecule has 1 fully saturated rings. The number of amides is 1. The molecule has 0 spiro atoms. The van der Waals surface area contributed by atoms with Gasteiger partial charge in [0.25, 0.3) is 0 Å². The third-order valence-electron chi connectivity index (χ3n) is 4.59. The zero-order chi connectivity index (χ0) is 18.5. The largest absolute Gasteiger partial charge is 0.453 e. The molecule has 1 aliphatic rings. The van der Waals surface area contributed by atoms with E-state index in [1.807, 2.05) is 0 Å². The van der Waals surface area contributed by atoms with Crippen molar-refractivity contribution >= 4 is 11.7 Å². The Kier molecular flexibility index (Phi) is 5.47. The molecular weight excluding hydrogens is 335 g/mol. The quantitative estimate of drug-likeness (QED) is 0.653. The molecule has 6 heteroatoms. The summed E-state index contributed by atoms with van der Waals surface area (Å²) in [7, 11) is 0. The summed E-state index contributed by atoms with van der Waals surface area (Å²) in [5.41, 5.74) is 0.215. The average Bonchev–Trinajstić information content (AvgIpc) is 3.13. The van der Waals surface area contributed by atoms with Gasteiger partial charge in [-0.05, 0) is 37.1 Å². The monoisotopic (exact) mass is 354 g/mol. The van der Waals surface area contributed by atoms with Crippen molar-refractivity contribution in [1.29, 1.82) is 5.26 Å². The molecule has 1 aliphatic carbocycles. The molecule has 1 aromatic heterocycles. The lowest BCUT2D eigenvalue weighted by atomic mass is 9.94. The van der Waals surface area contributed by atoms with E-state index < -0.39 is 23.4 Å². The number of nitrogens with zero attached hydrogens (tertiary/aromatic N) is 1. The second kappa shape index (κ2) is 7.96. The lowest BCUT2D eigenvalue weighted by Crippen LogP contribution is -2.41. The number of carbonyl (C=O) groups excluding carboxylic acids is 2. The van der Waals surface area contributed by atoms with Crippen molar-refractivity contribution in [2.75, 3.05) is 0 Å². The van der Waals surface area contributed by atoms with E-state index in [2.05, 4.69) is 5.32 Å². The fraction of sp³-hybridized carbons (Fsp3) is 0.350. The minimum absolute atomic E-state index is 0.00507. The minimum Gasteiger partial charge on any atom is -0.453 e. The number of furan rings is 1. The zero-order valence-electron chi connectivity index (χ0n) is 14.2. The highest BCUT2D eigenvalue weighted by Crippen LogP contribution is 2.26. The number of rotatable bonds is 5. The molecule has 5 nitrogen and oxygen atoms in total. The molecular formula is C20H19FN2O3. The van der Waals surface area contributed by atoms with Crippen molar-refractivity contribution in [1.82, 2.24) is 5.32 Å². The maximum Gasteiger partial charge on any atom is 0.245 e. The molecule has 1 atom stereocenters. The third-order valence-corrected chi connectivity index (χ3v) is 4.59. The highest BCUT2D eigenvalue weighted by atomic mass is 19.1. The van der Waals surface area contributed by atoms with Gasteiger partial charge in [-0.1, -0.05) is 31.4 Å². The van der Waals surface area contributed by atoms with Crippen LogP contribution in [0.5, 0.6) is 0 Å². The molecule has 0 radical (unpaired) electrons. The number of halogens is 1. The zero-order valence-corrected chi connectivity index (χ0v) is 14.2. The van der Waals surface area contributed by atoms with Gasteiger partial charge in [-0.15, -0.1) is 0 Å². The van der Waals surface area contributed by atoms with Gasteiger partial charge in [0.1, 0.15) is 11.6 Å². The molecule has 1 heterocycles. The van der Waals surface area contributed by atoms with Crippen molar-refractivity contribution in [3.8, 4) is 17.4 Å². The first kappa shape index (κ1) is 17.9. The van der Waals surface area contributed by atoms with E-state index in [0.717, 1.165) is 32.1 Å². The van der Waals surface area contributed by atoms with Crippen LogP contribution in [0.25, 0.3) is 11.3 Å². The van der Waals surface area contributed by atoms with Crippen molar-refractivity contribution in [3.63, 3.8) is 0 Å². The maximum absolute atomic E-state index is 13.8. The van der Waals surface area contributed by atoms with E-state index >= 15 is 0 Å². The Labute approximate surface area is 150 Å². The van der Waals surface area contributed by atoms with Crippen LogP contribution in [0.4, 0.5) is 4.39 Å². The van der Waals surface area contributed by atoms with Crippen molar-refractivity contribution in [2.45, 2.75) is 38.1 Å². The summed E-state index contributed by atoms with van der Waals surface area (Å²) in [5, 5.41) is 12.1. The van der Waals surface area contributed by atoms with Crippen LogP contribution in [-0.4, -0.2) is 17.7 Å². The van der Waals surface area contributed by atoms with E-state index in [4.69, 9.17) is 4.42 Å². The first-order valence-corrected chi connectivity index (χ1v) is 8.69. The summed E-state index contributed by atoms with van der Waals surface area (Å²) in [4.78, 5) is 24.8. The Balaban J connectivity index is 1.74. The second-order valence-electron chi connectivity index (χ2n) is 6.41. The summed E-state index contributed by atoms with van der Waals surface area (Å²) in [6.45, 7) is 0. The Hall–Kier alpha value is -2.94. The summed E-state index contributed by atoms with van der Waals surface area (Å²) in [5.74, 6) is -3.23. The van der Waals surface area contributed by atoms with Crippen LogP contribution < -0.4 is 5.32 Å². The summed E-state index contributed by atoms with van der Waals surface area (Å²) in [6.07, 6.45) is 4.91. The number of benzene rings is 1. The van der Waals surface area contributed by atoms with Crippen LogP contribution >= 0.6 is 0 Å². The van der Waals surface area contributed by atoms with Crippen molar-refractivity contribution in [3.05, 3.63) is 48.0 Å². The fourth-order valence-corrected chi connectivity index (χ4v) is 3.19. The summed E-state index contributed by atoms with van der Waals surface area (Å²) < 4.78 is 19.3. The van der Waals surface area contributed by atoms with E-state index in [1.165, 1.54) is 24.3 Å². The molecule has 0 unspecified atom stereocenters. The van der Waals surface area contributed by atoms with Gasteiger partial charge in [0.05, 0.1) is 11.6 Å². The van der Waals surface area contributed by atoms with Gasteiger partial charge >= 0.3 is 0 Å². The van der Waals surface area contributed by atoms with Gasteiger partial charge in [0, 0.05) is 6.04 Å². The lowest BCUT2D eigenvalue weighted by molar-refractivity contribution is -0.123. The number of ketones is 1. The maximum atomic E-state index is 13.8. The fourth-order valence-electron chi connectivity index (χ4n) is 3.19. The Bertz CT molecular complexity index is 847. The number of nitriles is 1. The molecule has 0 aliphatic heterocycles. The molecule has 26 heavy (non-hydrogen) atoms. The molecule has 0 bridgehead atoms. The van der Waals surface area contributed by atoms with E-state index in [0.29, 0.717) is 0 Å². The number of Topliss-reactive ketones (excluding diaryl/α,β-unsaturated/α-hetero) is 1. The van der Waals surface area contributed by atoms with Gasteiger partial charge in [-0.25, -0.2) is 4.39 Å². The SMILES string of the molecule is N#C[C@@H](C(=O)NC1CCCCC1)C(=O)c1ccc(-c2ccccc2F)o1. The van der Waals surface area contributed by atoms with Crippen LogP contribution in [0.15, 0.2) is 40.8 Å². The molecule has 134 valence electrons. The Morgan fingerprint density at radius 2 is 1.88 bits per heavy atom. The normalized spacial score (nSPS) is 15.8. The third kappa shape index (κ3) is 3.83. The smallest absolute Gasteiger partial charge is 0.245 e. The number of nitrogens with one attached hydrogen (secondary N) is 1. The van der Waals surface area contributed by atoms with Crippen LogP contribution in [-0.2, 0) is 4.79 Å². The van der Waals surface area contributed by atoms with Gasteiger partial charge in [0.2, 0.25) is 11.7 Å². The van der Waals surface area contributed by atoms with E-state index in [1.54, 1.807) is 18.2 Å². The van der Waals surface area contributed by atoms with E-state index in [-0.39, 0.29) is 23.1 Å². The molecule has 0 saturated heterocycles. The second-order valence-corrected chi connectivity index (χ2v) is 6.41. The van der Waals surface area contributed by atoms with Crippen molar-refractivity contribution < 1.29 is 18.4 Å². The van der Waals surface area contributed by atoms with Crippen LogP contribution in [0.3, 0.4) is 0 Å². The molecule has 1 aromatic carbocycles. The van der Waals surface area contributed by atoms with Gasteiger partial charge < -0.3 is 9.73 Å². The average molecular weight is 354 g/mol. The lowest BCUT2D eigenvalue weighted by Gasteiger charge is -2.23. The van der Waals surface area contributed by atoms with Gasteiger partial charge in [-0.3, -0.25) is 9.59 Å². The Morgan fingerprint density at radius 1 is 1.15 bits per heavy atom. The number of hydrogen-bond acceptors (Lipinski definition) is 4. The predicted octanol–water partition coefficient (Wildman–Crippen LogP) is 3.86. The minimum atomic E-state index is -1.48. The van der Waals surface area contributed by atoms with E-state index in [9.17, 15) is 19.2 Å². The van der Waals surface area contributed by atoms with Crippen LogP contribution in [0.2, 0.25) is 0 Å². The summed E-state index contributed by atoms with van der Waals surface area (Å²) in [6, 6.07) is 10.6. The Morgan fingerprint density at radius 3 is 2.58 bits per heavy atom. The van der Waals surface area contributed by atoms with Crippen molar-refractivity contribution in [2.24, 2.45) is 5.92 Å². The molecule has 1 amide bonds. The molecule has 3 rings (SSSR count). The molecule has 1 saturated carbocycles. The highest BCUT2D eigenvalue weighted by molar-refractivity contribution is 6.11. The standard InChI is InChI=1S/C20H19FN2O3/c21-16-9-5-4-8-14(16)17-10-11-18(26-17)19(24)15(12-22)20(25)23-13-6-2-1-3-7-13/h4-5,8-11,13,15H,1-3,6-7H2,(H,23,25)/t15-/m1/s1. The molecule has 1 N–H and O–H groups in total. The predicted molar refractivity (Wildman–Crippen MR) is 92.6 cm³/mol. The number of hydrogen-bond donors (Lipinski definition) is 1. The first-order chi connectivity index (χ1) is 12.6.